The van der Waals surface area contributed by atoms with E-state index in [1.807, 2.05) is 6.07 Å². The Morgan fingerprint density at radius 1 is 1.35 bits per heavy atom. The summed E-state index contributed by atoms with van der Waals surface area (Å²) >= 11 is 1.56. The lowest BCUT2D eigenvalue weighted by molar-refractivity contribution is 0.817. The van der Waals surface area contributed by atoms with Crippen LogP contribution < -0.4 is 5.32 Å². The Kier molecular flexibility index (Phi) is 3.68. The molecular weight excluding hydrogens is 232 g/mol. The summed E-state index contributed by atoms with van der Waals surface area (Å²) in [5.41, 5.74) is 2.85. The van der Waals surface area contributed by atoms with Gasteiger partial charge in [-0.3, -0.25) is 4.98 Å². The predicted molar refractivity (Wildman–Crippen MR) is 71.4 cm³/mol. The van der Waals surface area contributed by atoms with Crippen molar-refractivity contribution in [3.05, 3.63) is 23.5 Å². The van der Waals surface area contributed by atoms with Gasteiger partial charge in [0.25, 0.3) is 0 Å². The molecule has 2 aromatic rings. The molecule has 5 heteroatoms. The monoisotopic (exact) mass is 248 g/mol. The van der Waals surface area contributed by atoms with Crippen molar-refractivity contribution >= 4 is 17.2 Å². The third kappa shape index (κ3) is 2.79. The molecule has 0 unspecified atom stereocenters. The van der Waals surface area contributed by atoms with Crippen LogP contribution in [0.25, 0.3) is 10.7 Å². The van der Waals surface area contributed by atoms with Crippen molar-refractivity contribution in [2.75, 3.05) is 11.9 Å². The zero-order chi connectivity index (χ0) is 12.3. The Labute approximate surface area is 105 Å². The van der Waals surface area contributed by atoms with Crippen LogP contribution in [0.3, 0.4) is 0 Å². The third-order valence-corrected chi connectivity index (χ3v) is 3.12. The van der Waals surface area contributed by atoms with E-state index >= 15 is 0 Å². The second kappa shape index (κ2) is 5.23. The summed E-state index contributed by atoms with van der Waals surface area (Å²) in [6.07, 6.45) is 1.81. The van der Waals surface area contributed by atoms with E-state index in [0.29, 0.717) is 5.92 Å². The number of hydrogen-bond acceptors (Lipinski definition) is 5. The molecule has 0 bridgehead atoms. The standard InChI is InChI=1S/C12H16N4S/c1-4-14-11-5-9(8(2)3)15-12(16-11)10-6-13-7-17-10/h5-8H,4H2,1-3H3,(H,14,15,16). The highest BCUT2D eigenvalue weighted by molar-refractivity contribution is 7.13. The van der Waals surface area contributed by atoms with Gasteiger partial charge in [-0.05, 0) is 12.8 Å². The van der Waals surface area contributed by atoms with Gasteiger partial charge >= 0.3 is 0 Å². The van der Waals surface area contributed by atoms with Crippen molar-refractivity contribution in [3.8, 4) is 10.7 Å². The molecule has 4 nitrogen and oxygen atoms in total. The second-order valence-electron chi connectivity index (χ2n) is 4.05. The molecule has 0 aliphatic rings. The minimum Gasteiger partial charge on any atom is -0.370 e. The van der Waals surface area contributed by atoms with Crippen molar-refractivity contribution < 1.29 is 0 Å². The van der Waals surface area contributed by atoms with Crippen LogP contribution >= 0.6 is 11.3 Å². The van der Waals surface area contributed by atoms with Crippen molar-refractivity contribution in [1.29, 1.82) is 0 Å². The van der Waals surface area contributed by atoms with Crippen molar-refractivity contribution in [3.63, 3.8) is 0 Å². The molecule has 0 saturated heterocycles. The Balaban J connectivity index is 2.44. The fourth-order valence-electron chi connectivity index (χ4n) is 1.47. The quantitative estimate of drug-likeness (QED) is 0.903. The van der Waals surface area contributed by atoms with Crippen LogP contribution in [0.5, 0.6) is 0 Å². The number of thiazole rings is 1. The smallest absolute Gasteiger partial charge is 0.173 e. The zero-order valence-corrected chi connectivity index (χ0v) is 11.1. The summed E-state index contributed by atoms with van der Waals surface area (Å²) in [5, 5.41) is 3.24. The SMILES string of the molecule is CCNc1cc(C(C)C)nc(-c2cncs2)n1. The van der Waals surface area contributed by atoms with Crippen molar-refractivity contribution in [2.45, 2.75) is 26.7 Å². The predicted octanol–water partition coefficient (Wildman–Crippen LogP) is 3.16. The maximum Gasteiger partial charge on any atom is 0.173 e. The first-order chi connectivity index (χ1) is 8.20. The lowest BCUT2D eigenvalue weighted by Crippen LogP contribution is -2.04. The first kappa shape index (κ1) is 12.0. The molecule has 1 N–H and O–H groups in total. The largest absolute Gasteiger partial charge is 0.370 e. The van der Waals surface area contributed by atoms with Gasteiger partial charge in [-0.1, -0.05) is 13.8 Å². The Morgan fingerprint density at radius 2 is 2.18 bits per heavy atom. The first-order valence-corrected chi connectivity index (χ1v) is 6.60. The highest BCUT2D eigenvalue weighted by atomic mass is 32.1. The van der Waals surface area contributed by atoms with E-state index in [2.05, 4.69) is 41.0 Å². The minimum absolute atomic E-state index is 0.391. The highest BCUT2D eigenvalue weighted by Gasteiger charge is 2.10. The molecule has 90 valence electrons. The van der Waals surface area contributed by atoms with Gasteiger partial charge in [0.05, 0.1) is 10.4 Å². The summed E-state index contributed by atoms with van der Waals surface area (Å²) in [7, 11) is 0. The van der Waals surface area contributed by atoms with Gasteiger partial charge in [-0.15, -0.1) is 11.3 Å². The molecule has 0 saturated carbocycles. The molecule has 0 spiro atoms. The van der Waals surface area contributed by atoms with Crippen LogP contribution in [0.15, 0.2) is 17.8 Å². The topological polar surface area (TPSA) is 50.7 Å². The molecule has 0 amide bonds. The van der Waals surface area contributed by atoms with Crippen LogP contribution in [-0.4, -0.2) is 21.5 Å². The Bertz CT molecular complexity index is 479. The van der Waals surface area contributed by atoms with Gasteiger partial charge in [-0.2, -0.15) is 0 Å². The Morgan fingerprint density at radius 3 is 2.76 bits per heavy atom. The highest BCUT2D eigenvalue weighted by Crippen LogP contribution is 2.24. The van der Waals surface area contributed by atoms with Crippen molar-refractivity contribution in [2.24, 2.45) is 0 Å². The molecule has 0 atom stereocenters. The van der Waals surface area contributed by atoms with E-state index in [1.54, 1.807) is 23.0 Å². The Hall–Kier alpha value is -1.49. The van der Waals surface area contributed by atoms with E-state index in [4.69, 9.17) is 0 Å². The van der Waals surface area contributed by atoms with Crippen molar-refractivity contribution in [1.82, 2.24) is 15.0 Å². The first-order valence-electron chi connectivity index (χ1n) is 5.72. The molecule has 17 heavy (non-hydrogen) atoms. The summed E-state index contributed by atoms with van der Waals surface area (Å²) in [5.74, 6) is 2.03. The van der Waals surface area contributed by atoms with Gasteiger partial charge in [0.2, 0.25) is 0 Å². The number of nitrogens with zero attached hydrogens (tertiary/aromatic N) is 3. The van der Waals surface area contributed by atoms with Gasteiger partial charge < -0.3 is 5.32 Å². The van der Waals surface area contributed by atoms with Gasteiger partial charge in [0.15, 0.2) is 5.82 Å². The molecule has 2 heterocycles. The molecule has 0 aliphatic heterocycles. The number of nitrogens with one attached hydrogen (secondary N) is 1. The molecule has 0 fully saturated rings. The van der Waals surface area contributed by atoms with E-state index in [0.717, 1.165) is 28.8 Å². The molecule has 0 aliphatic carbocycles. The molecule has 0 radical (unpaired) electrons. The zero-order valence-electron chi connectivity index (χ0n) is 10.3. The van der Waals surface area contributed by atoms with E-state index in [1.165, 1.54) is 0 Å². The third-order valence-electron chi connectivity index (χ3n) is 2.35. The van der Waals surface area contributed by atoms with E-state index in [9.17, 15) is 0 Å². The number of aromatic nitrogens is 3. The average Bonchev–Trinajstić information content (AvgIpc) is 2.82. The van der Waals surface area contributed by atoms with Gasteiger partial charge in [0, 0.05) is 24.5 Å². The summed E-state index contributed by atoms with van der Waals surface area (Å²) in [6.45, 7) is 7.18. The summed E-state index contributed by atoms with van der Waals surface area (Å²) in [6, 6.07) is 2.01. The number of rotatable bonds is 4. The van der Waals surface area contributed by atoms with Crippen LogP contribution in [-0.2, 0) is 0 Å². The number of hydrogen-bond donors (Lipinski definition) is 1. The molecule has 0 aromatic carbocycles. The minimum atomic E-state index is 0.391. The fourth-order valence-corrected chi connectivity index (χ4v) is 2.02. The lowest BCUT2D eigenvalue weighted by Gasteiger charge is -2.09. The summed E-state index contributed by atoms with van der Waals surface area (Å²) < 4.78 is 0. The molecule has 2 rings (SSSR count). The van der Waals surface area contributed by atoms with E-state index < -0.39 is 0 Å². The van der Waals surface area contributed by atoms with Crippen LogP contribution in [0, 0.1) is 0 Å². The normalized spacial score (nSPS) is 10.8. The number of anilines is 1. The maximum atomic E-state index is 4.58. The molecular formula is C12H16N4S. The van der Waals surface area contributed by atoms with Crippen LogP contribution in [0.1, 0.15) is 32.4 Å². The summed E-state index contributed by atoms with van der Waals surface area (Å²) in [4.78, 5) is 14.1. The van der Waals surface area contributed by atoms with Crippen LogP contribution in [0.2, 0.25) is 0 Å². The van der Waals surface area contributed by atoms with Crippen LogP contribution in [0.4, 0.5) is 5.82 Å². The van der Waals surface area contributed by atoms with Gasteiger partial charge in [-0.25, -0.2) is 9.97 Å². The fraction of sp³-hybridized carbons (Fsp3) is 0.417. The van der Waals surface area contributed by atoms with Gasteiger partial charge in [0.1, 0.15) is 5.82 Å². The maximum absolute atomic E-state index is 4.58. The second-order valence-corrected chi connectivity index (χ2v) is 4.94. The molecule has 2 aromatic heterocycles. The lowest BCUT2D eigenvalue weighted by atomic mass is 10.1. The average molecular weight is 248 g/mol. The van der Waals surface area contributed by atoms with E-state index in [-0.39, 0.29) is 0 Å².